The van der Waals surface area contributed by atoms with Crippen molar-refractivity contribution in [1.29, 1.82) is 0 Å². The Balaban J connectivity index is 2.30. The summed E-state index contributed by atoms with van der Waals surface area (Å²) >= 11 is 3.62. The van der Waals surface area contributed by atoms with E-state index in [9.17, 15) is 0 Å². The number of benzene rings is 2. The van der Waals surface area contributed by atoms with Crippen LogP contribution < -0.4 is 5.73 Å². The van der Waals surface area contributed by atoms with Gasteiger partial charge in [0.15, 0.2) is 0 Å². The minimum Gasteiger partial charge on any atom is -0.320 e. The van der Waals surface area contributed by atoms with Crippen molar-refractivity contribution in [3.05, 3.63) is 69.2 Å². The second kappa shape index (κ2) is 6.33. The fourth-order valence-electron chi connectivity index (χ4n) is 2.41. The Morgan fingerprint density at radius 1 is 1.10 bits per heavy atom. The van der Waals surface area contributed by atoms with Gasteiger partial charge in [-0.15, -0.1) is 0 Å². The molecule has 0 bridgehead atoms. The molecule has 0 aliphatic carbocycles. The number of aryl methyl sites for hydroxylation is 1. The van der Waals surface area contributed by atoms with Gasteiger partial charge in [-0.1, -0.05) is 73.1 Å². The number of halogens is 1. The fraction of sp³-hybridized carbons (Fsp3) is 0.368. The lowest BCUT2D eigenvalue weighted by Gasteiger charge is -2.24. The molecule has 0 spiro atoms. The molecule has 0 aromatic heterocycles. The van der Waals surface area contributed by atoms with Crippen LogP contribution in [0.3, 0.4) is 0 Å². The summed E-state index contributed by atoms with van der Waals surface area (Å²) in [6, 6.07) is 15.0. The molecular weight excluding hydrogens is 322 g/mol. The topological polar surface area (TPSA) is 26.0 Å². The molecular formula is C19H24BrN. The molecule has 0 fully saturated rings. The second-order valence-electron chi connectivity index (χ2n) is 6.36. The van der Waals surface area contributed by atoms with Gasteiger partial charge >= 0.3 is 0 Å². The largest absolute Gasteiger partial charge is 0.320 e. The smallest absolute Gasteiger partial charge is 0.0562 e. The summed E-state index contributed by atoms with van der Waals surface area (Å²) in [5.74, 6) is 0. The molecule has 2 aromatic rings. The van der Waals surface area contributed by atoms with E-state index >= 15 is 0 Å². The van der Waals surface area contributed by atoms with E-state index in [1.807, 2.05) is 0 Å². The average Bonchev–Trinajstić information content (AvgIpc) is 2.47. The summed E-state index contributed by atoms with van der Waals surface area (Å²) in [5, 5.41) is 0. The summed E-state index contributed by atoms with van der Waals surface area (Å²) in [6.45, 7) is 8.86. The van der Waals surface area contributed by atoms with Gasteiger partial charge < -0.3 is 5.73 Å². The molecule has 2 aromatic carbocycles. The highest BCUT2D eigenvalue weighted by atomic mass is 79.9. The first-order chi connectivity index (χ1) is 9.85. The summed E-state index contributed by atoms with van der Waals surface area (Å²) < 4.78 is 1.08. The first-order valence-electron chi connectivity index (χ1n) is 7.47. The summed E-state index contributed by atoms with van der Waals surface area (Å²) in [5.41, 5.74) is 11.5. The van der Waals surface area contributed by atoms with Gasteiger partial charge in [0.1, 0.15) is 0 Å². The van der Waals surface area contributed by atoms with Gasteiger partial charge in [0.05, 0.1) is 6.04 Å². The minimum atomic E-state index is -0.0984. The van der Waals surface area contributed by atoms with E-state index in [-0.39, 0.29) is 11.5 Å². The third-order valence-electron chi connectivity index (χ3n) is 4.43. The van der Waals surface area contributed by atoms with Crippen molar-refractivity contribution in [3.63, 3.8) is 0 Å². The maximum absolute atomic E-state index is 6.43. The standard InChI is InChI=1S/C19H24BrN/c1-5-19(3,4)15-9-7-14(8-10-15)18(21)16-11-6-13(2)12-17(16)20/h6-12,18H,5,21H2,1-4H3. The zero-order valence-electron chi connectivity index (χ0n) is 13.3. The fourth-order valence-corrected chi connectivity index (χ4v) is 3.15. The van der Waals surface area contributed by atoms with Crippen LogP contribution in [-0.2, 0) is 5.41 Å². The van der Waals surface area contributed by atoms with Gasteiger partial charge in [0, 0.05) is 4.47 Å². The van der Waals surface area contributed by atoms with Gasteiger partial charge in [-0.3, -0.25) is 0 Å². The van der Waals surface area contributed by atoms with Crippen molar-refractivity contribution >= 4 is 15.9 Å². The van der Waals surface area contributed by atoms with Gasteiger partial charge in [-0.25, -0.2) is 0 Å². The van der Waals surface area contributed by atoms with E-state index in [1.165, 1.54) is 11.1 Å². The lowest BCUT2D eigenvalue weighted by molar-refractivity contribution is 0.506. The Morgan fingerprint density at radius 2 is 1.71 bits per heavy atom. The summed E-state index contributed by atoms with van der Waals surface area (Å²) in [4.78, 5) is 0. The van der Waals surface area contributed by atoms with Gasteiger partial charge in [-0.05, 0) is 47.1 Å². The molecule has 21 heavy (non-hydrogen) atoms. The first-order valence-corrected chi connectivity index (χ1v) is 8.26. The highest BCUT2D eigenvalue weighted by Crippen LogP contribution is 2.31. The third kappa shape index (κ3) is 3.56. The van der Waals surface area contributed by atoms with Crippen molar-refractivity contribution < 1.29 is 0 Å². The highest BCUT2D eigenvalue weighted by molar-refractivity contribution is 9.10. The molecule has 112 valence electrons. The molecule has 0 radical (unpaired) electrons. The first kappa shape index (κ1) is 16.3. The minimum absolute atomic E-state index is 0.0984. The zero-order valence-corrected chi connectivity index (χ0v) is 14.9. The van der Waals surface area contributed by atoms with Gasteiger partial charge in [-0.2, -0.15) is 0 Å². The SMILES string of the molecule is CCC(C)(C)c1ccc(C(N)c2ccc(C)cc2Br)cc1. The number of nitrogens with two attached hydrogens (primary N) is 1. The van der Waals surface area contributed by atoms with Crippen LogP contribution in [0.2, 0.25) is 0 Å². The molecule has 2 N–H and O–H groups in total. The van der Waals surface area contributed by atoms with Crippen molar-refractivity contribution in [3.8, 4) is 0 Å². The summed E-state index contributed by atoms with van der Waals surface area (Å²) in [6.07, 6.45) is 1.13. The highest BCUT2D eigenvalue weighted by Gasteiger charge is 2.19. The van der Waals surface area contributed by atoms with Crippen molar-refractivity contribution in [2.24, 2.45) is 5.73 Å². The number of hydrogen-bond donors (Lipinski definition) is 1. The molecule has 1 nitrogen and oxygen atoms in total. The molecule has 0 aliphatic rings. The Kier molecular flexibility index (Phi) is 4.90. The number of hydrogen-bond acceptors (Lipinski definition) is 1. The molecule has 1 unspecified atom stereocenters. The van der Waals surface area contributed by atoms with E-state index in [1.54, 1.807) is 0 Å². The van der Waals surface area contributed by atoms with Crippen molar-refractivity contribution in [2.75, 3.05) is 0 Å². The van der Waals surface area contributed by atoms with E-state index < -0.39 is 0 Å². The normalized spacial score (nSPS) is 13.2. The van der Waals surface area contributed by atoms with E-state index in [0.717, 1.165) is 22.0 Å². The third-order valence-corrected chi connectivity index (χ3v) is 5.11. The van der Waals surface area contributed by atoms with E-state index in [4.69, 9.17) is 5.73 Å². The molecule has 0 saturated heterocycles. The Bertz CT molecular complexity index is 614. The maximum Gasteiger partial charge on any atom is 0.0562 e. The van der Waals surface area contributed by atoms with Crippen LogP contribution in [0.4, 0.5) is 0 Å². The second-order valence-corrected chi connectivity index (χ2v) is 7.22. The Labute approximate surface area is 136 Å². The maximum atomic E-state index is 6.43. The molecule has 0 amide bonds. The summed E-state index contributed by atoms with van der Waals surface area (Å²) in [7, 11) is 0. The lowest BCUT2D eigenvalue weighted by atomic mass is 9.81. The molecule has 2 heteroatoms. The van der Waals surface area contributed by atoms with E-state index in [2.05, 4.69) is 86.1 Å². The van der Waals surface area contributed by atoms with Gasteiger partial charge in [0.2, 0.25) is 0 Å². The van der Waals surface area contributed by atoms with Crippen molar-refractivity contribution in [1.82, 2.24) is 0 Å². The number of rotatable bonds is 4. The zero-order chi connectivity index (χ0) is 15.6. The van der Waals surface area contributed by atoms with Crippen LogP contribution in [0.1, 0.15) is 55.5 Å². The van der Waals surface area contributed by atoms with Crippen LogP contribution in [-0.4, -0.2) is 0 Å². The predicted molar refractivity (Wildman–Crippen MR) is 94.7 cm³/mol. The molecule has 0 aliphatic heterocycles. The Morgan fingerprint density at radius 3 is 2.24 bits per heavy atom. The van der Waals surface area contributed by atoms with Crippen LogP contribution in [0.15, 0.2) is 46.9 Å². The monoisotopic (exact) mass is 345 g/mol. The van der Waals surface area contributed by atoms with Crippen LogP contribution in [0.5, 0.6) is 0 Å². The van der Waals surface area contributed by atoms with E-state index in [0.29, 0.717) is 0 Å². The van der Waals surface area contributed by atoms with Crippen LogP contribution in [0, 0.1) is 6.92 Å². The molecule has 0 heterocycles. The molecule has 0 saturated carbocycles. The van der Waals surface area contributed by atoms with Crippen molar-refractivity contribution in [2.45, 2.75) is 45.6 Å². The Hall–Kier alpha value is -1.12. The average molecular weight is 346 g/mol. The quantitative estimate of drug-likeness (QED) is 0.778. The molecule has 1 atom stereocenters. The van der Waals surface area contributed by atoms with Crippen LogP contribution >= 0.6 is 15.9 Å². The van der Waals surface area contributed by atoms with Crippen LogP contribution in [0.25, 0.3) is 0 Å². The molecule has 2 rings (SSSR count). The lowest BCUT2D eigenvalue weighted by Crippen LogP contribution is -2.16. The predicted octanol–water partition coefficient (Wildman–Crippen LogP) is 5.49. The van der Waals surface area contributed by atoms with Gasteiger partial charge in [0.25, 0.3) is 0 Å².